The maximum Gasteiger partial charge on any atom is 0.253 e. The maximum absolute atomic E-state index is 12.6. The molecule has 0 radical (unpaired) electrons. The molecule has 1 aromatic heterocycles. The van der Waals surface area contributed by atoms with Crippen LogP contribution in [0.5, 0.6) is 0 Å². The number of carbonyl (C=O) groups excluding carboxylic acids is 1. The van der Waals surface area contributed by atoms with E-state index in [-0.39, 0.29) is 11.7 Å². The van der Waals surface area contributed by atoms with E-state index in [4.69, 9.17) is 0 Å². The molecule has 0 fully saturated rings. The topological polar surface area (TPSA) is 68.2 Å². The minimum Gasteiger partial charge on any atom is -0.352 e. The van der Waals surface area contributed by atoms with Crippen molar-refractivity contribution >= 4 is 31.7 Å². The summed E-state index contributed by atoms with van der Waals surface area (Å²) >= 11 is 3.48. The lowest BCUT2D eigenvalue weighted by molar-refractivity contribution is 0.0953. The third kappa shape index (κ3) is 4.97. The van der Waals surface area contributed by atoms with Crippen LogP contribution in [0.4, 0.5) is 0 Å². The van der Waals surface area contributed by atoms with E-state index in [1.807, 2.05) is 48.7 Å². The smallest absolute Gasteiger partial charge is 0.253 e. The van der Waals surface area contributed by atoms with E-state index in [0.717, 1.165) is 21.5 Å². The van der Waals surface area contributed by atoms with Crippen molar-refractivity contribution in [3.05, 3.63) is 82.1 Å². The fourth-order valence-electron chi connectivity index (χ4n) is 3.31. The van der Waals surface area contributed by atoms with Gasteiger partial charge in [-0.05, 0) is 56.7 Å². The number of hydrogen-bond donors (Lipinski definition) is 1. The van der Waals surface area contributed by atoms with Crippen molar-refractivity contribution in [3.8, 4) is 5.69 Å². The van der Waals surface area contributed by atoms with Gasteiger partial charge in [-0.3, -0.25) is 4.79 Å². The number of nitrogens with one attached hydrogen (secondary N) is 1. The molecule has 1 amide bonds. The highest BCUT2D eigenvalue weighted by atomic mass is 79.9. The summed E-state index contributed by atoms with van der Waals surface area (Å²) in [7, 11) is -3.33. The van der Waals surface area contributed by atoms with Gasteiger partial charge < -0.3 is 9.88 Å². The second-order valence-corrected chi connectivity index (χ2v) is 9.87. The summed E-state index contributed by atoms with van der Waals surface area (Å²) in [4.78, 5) is 12.9. The molecule has 0 aliphatic rings. The van der Waals surface area contributed by atoms with Gasteiger partial charge in [0, 0.05) is 28.1 Å². The predicted octanol–water partition coefficient (Wildman–Crippen LogP) is 4.45. The van der Waals surface area contributed by atoms with Crippen LogP contribution in [0.15, 0.2) is 70.0 Å². The standard InChI is InChI=1S/C22H23BrN2O3S/c1-16-14-21(17(2)25(16)19-9-6-8-18(23)15-19)22(26)24-12-7-13-29(27,28)20-10-4-3-5-11-20/h3-6,8-11,14-15H,7,12-13H2,1-2H3,(H,24,26). The van der Waals surface area contributed by atoms with Crippen LogP contribution in [0.3, 0.4) is 0 Å². The van der Waals surface area contributed by atoms with E-state index < -0.39 is 9.84 Å². The summed E-state index contributed by atoms with van der Waals surface area (Å²) in [5, 5.41) is 2.84. The first-order valence-electron chi connectivity index (χ1n) is 9.30. The van der Waals surface area contributed by atoms with Gasteiger partial charge in [0.05, 0.1) is 16.2 Å². The van der Waals surface area contributed by atoms with E-state index in [1.54, 1.807) is 30.3 Å². The van der Waals surface area contributed by atoms with Crippen LogP contribution in [-0.4, -0.2) is 31.2 Å². The highest BCUT2D eigenvalue weighted by Gasteiger charge is 2.17. The molecule has 0 bridgehead atoms. The number of halogens is 1. The Hall–Kier alpha value is -2.38. The molecule has 5 nitrogen and oxygen atoms in total. The minimum absolute atomic E-state index is 0.00560. The average Bonchev–Trinajstić information content (AvgIpc) is 3.00. The van der Waals surface area contributed by atoms with E-state index in [1.165, 1.54) is 0 Å². The van der Waals surface area contributed by atoms with Crippen LogP contribution in [0.1, 0.15) is 28.2 Å². The molecule has 0 unspecified atom stereocenters. The second kappa shape index (κ2) is 8.97. The maximum atomic E-state index is 12.6. The molecule has 152 valence electrons. The first-order chi connectivity index (χ1) is 13.8. The molecule has 0 atom stereocenters. The van der Waals surface area contributed by atoms with Gasteiger partial charge in [0.25, 0.3) is 5.91 Å². The van der Waals surface area contributed by atoms with Crippen molar-refractivity contribution in [2.75, 3.05) is 12.3 Å². The van der Waals surface area contributed by atoms with Gasteiger partial charge in [-0.15, -0.1) is 0 Å². The molecule has 2 aromatic carbocycles. The van der Waals surface area contributed by atoms with Gasteiger partial charge in [-0.2, -0.15) is 0 Å². The predicted molar refractivity (Wildman–Crippen MR) is 118 cm³/mol. The van der Waals surface area contributed by atoms with E-state index in [9.17, 15) is 13.2 Å². The molecule has 3 aromatic rings. The van der Waals surface area contributed by atoms with Crippen LogP contribution in [0.2, 0.25) is 0 Å². The number of aromatic nitrogens is 1. The number of benzene rings is 2. The minimum atomic E-state index is -3.33. The first-order valence-corrected chi connectivity index (χ1v) is 11.7. The van der Waals surface area contributed by atoms with Gasteiger partial charge in [0.15, 0.2) is 9.84 Å². The monoisotopic (exact) mass is 474 g/mol. The summed E-state index contributed by atoms with van der Waals surface area (Å²) in [5.41, 5.74) is 3.36. The Kier molecular flexibility index (Phi) is 6.59. The highest BCUT2D eigenvalue weighted by molar-refractivity contribution is 9.10. The van der Waals surface area contributed by atoms with Crippen LogP contribution >= 0.6 is 15.9 Å². The van der Waals surface area contributed by atoms with E-state index >= 15 is 0 Å². The number of aryl methyl sites for hydroxylation is 1. The van der Waals surface area contributed by atoms with Gasteiger partial charge in [0.1, 0.15) is 0 Å². The fraction of sp³-hybridized carbons (Fsp3) is 0.227. The molecule has 1 heterocycles. The van der Waals surface area contributed by atoms with Gasteiger partial charge >= 0.3 is 0 Å². The lowest BCUT2D eigenvalue weighted by Gasteiger charge is -2.11. The zero-order valence-electron chi connectivity index (χ0n) is 16.4. The molecule has 0 saturated heterocycles. The summed E-state index contributed by atoms with van der Waals surface area (Å²) in [6.45, 7) is 4.16. The summed E-state index contributed by atoms with van der Waals surface area (Å²) < 4.78 is 27.6. The average molecular weight is 475 g/mol. The molecule has 29 heavy (non-hydrogen) atoms. The van der Waals surface area contributed by atoms with Crippen LogP contribution < -0.4 is 5.32 Å². The fourth-order valence-corrected chi connectivity index (χ4v) is 5.03. The van der Waals surface area contributed by atoms with Crippen molar-refractivity contribution in [1.82, 2.24) is 9.88 Å². The summed E-state index contributed by atoms with van der Waals surface area (Å²) in [5.74, 6) is -0.203. The third-order valence-electron chi connectivity index (χ3n) is 4.72. The molecule has 0 saturated carbocycles. The second-order valence-electron chi connectivity index (χ2n) is 6.84. The SMILES string of the molecule is Cc1cc(C(=O)NCCCS(=O)(=O)c2ccccc2)c(C)n1-c1cccc(Br)c1. The number of nitrogens with zero attached hydrogens (tertiary/aromatic N) is 1. The Morgan fingerprint density at radius 3 is 2.45 bits per heavy atom. The van der Waals surface area contributed by atoms with E-state index in [0.29, 0.717) is 23.4 Å². The quantitative estimate of drug-likeness (QED) is 0.514. The number of carbonyl (C=O) groups is 1. The van der Waals surface area contributed by atoms with Crippen LogP contribution in [0, 0.1) is 13.8 Å². The normalized spacial score (nSPS) is 11.4. The Morgan fingerprint density at radius 2 is 1.76 bits per heavy atom. The van der Waals surface area contributed by atoms with E-state index in [2.05, 4.69) is 21.2 Å². The Bertz CT molecular complexity index is 1120. The number of rotatable bonds is 7. The lowest BCUT2D eigenvalue weighted by Crippen LogP contribution is -2.26. The molecule has 7 heteroatoms. The Balaban J connectivity index is 1.64. The van der Waals surface area contributed by atoms with Gasteiger partial charge in [0.2, 0.25) is 0 Å². The molecular formula is C22H23BrN2O3S. The molecule has 0 aliphatic heterocycles. The lowest BCUT2D eigenvalue weighted by atomic mass is 10.2. The molecule has 0 aliphatic carbocycles. The highest BCUT2D eigenvalue weighted by Crippen LogP contribution is 2.23. The number of hydrogen-bond acceptors (Lipinski definition) is 3. The van der Waals surface area contributed by atoms with Crippen molar-refractivity contribution in [2.24, 2.45) is 0 Å². The molecular weight excluding hydrogens is 452 g/mol. The third-order valence-corrected chi connectivity index (χ3v) is 7.03. The number of amides is 1. The van der Waals surface area contributed by atoms with Crippen molar-refractivity contribution < 1.29 is 13.2 Å². The van der Waals surface area contributed by atoms with Crippen LogP contribution in [-0.2, 0) is 9.84 Å². The van der Waals surface area contributed by atoms with Crippen molar-refractivity contribution in [2.45, 2.75) is 25.2 Å². The van der Waals surface area contributed by atoms with Crippen molar-refractivity contribution in [3.63, 3.8) is 0 Å². The first kappa shape index (κ1) is 21.3. The Labute approximate surface area is 179 Å². The van der Waals surface area contributed by atoms with Gasteiger partial charge in [-0.25, -0.2) is 8.42 Å². The molecule has 3 rings (SSSR count). The largest absolute Gasteiger partial charge is 0.352 e. The summed E-state index contributed by atoms with van der Waals surface area (Å²) in [6.07, 6.45) is 0.355. The zero-order valence-corrected chi connectivity index (χ0v) is 18.8. The zero-order chi connectivity index (χ0) is 21.0. The van der Waals surface area contributed by atoms with Crippen molar-refractivity contribution in [1.29, 1.82) is 0 Å². The van der Waals surface area contributed by atoms with Gasteiger partial charge in [-0.1, -0.05) is 40.2 Å². The Morgan fingerprint density at radius 1 is 1.03 bits per heavy atom. The summed E-state index contributed by atoms with van der Waals surface area (Å²) in [6, 6.07) is 18.1. The molecule has 0 spiro atoms. The van der Waals surface area contributed by atoms with Crippen LogP contribution in [0.25, 0.3) is 5.69 Å². The molecule has 1 N–H and O–H groups in total. The number of sulfone groups is 1.